The van der Waals surface area contributed by atoms with Crippen molar-refractivity contribution in [2.45, 2.75) is 20.8 Å². The van der Waals surface area contributed by atoms with Gasteiger partial charge in [-0.3, -0.25) is 9.59 Å². The molecular formula is C14H20N2O4S. The molecule has 0 saturated heterocycles. The Labute approximate surface area is 125 Å². The summed E-state index contributed by atoms with van der Waals surface area (Å²) in [5.41, 5.74) is 1.19. The Morgan fingerprint density at radius 2 is 1.71 bits per heavy atom. The van der Waals surface area contributed by atoms with E-state index in [9.17, 15) is 18.0 Å². The molecule has 0 saturated carbocycles. The molecule has 1 N–H and O–H groups in total. The van der Waals surface area contributed by atoms with E-state index in [0.717, 1.165) is 0 Å². The van der Waals surface area contributed by atoms with Crippen molar-refractivity contribution in [1.82, 2.24) is 4.72 Å². The van der Waals surface area contributed by atoms with Crippen LogP contribution >= 0.6 is 0 Å². The van der Waals surface area contributed by atoms with Crippen molar-refractivity contribution in [3.8, 4) is 0 Å². The van der Waals surface area contributed by atoms with Crippen LogP contribution in [0.5, 0.6) is 0 Å². The first kappa shape index (κ1) is 17.3. The predicted molar refractivity (Wildman–Crippen MR) is 81.9 cm³/mol. The number of amides is 1. The van der Waals surface area contributed by atoms with E-state index < -0.39 is 10.0 Å². The minimum absolute atomic E-state index is 0.000377. The number of nitrogens with zero attached hydrogens (tertiary/aromatic N) is 1. The lowest BCUT2D eigenvalue weighted by atomic mass is 10.1. The maximum Gasteiger partial charge on any atom is 0.223 e. The number of benzene rings is 1. The Kier molecular flexibility index (Phi) is 6.04. The van der Waals surface area contributed by atoms with E-state index in [0.29, 0.717) is 11.3 Å². The van der Waals surface area contributed by atoms with Crippen LogP contribution in [0.3, 0.4) is 0 Å². The highest BCUT2D eigenvalue weighted by molar-refractivity contribution is 7.89. The van der Waals surface area contributed by atoms with Gasteiger partial charge in [0.05, 0.1) is 5.75 Å². The molecule has 0 spiro atoms. The van der Waals surface area contributed by atoms with E-state index in [1.54, 1.807) is 31.2 Å². The number of Topliss-reactive ketones (excluding diaryl/α,β-unsaturated/α-hetero) is 1. The van der Waals surface area contributed by atoms with Gasteiger partial charge in [0, 0.05) is 31.3 Å². The third kappa shape index (κ3) is 5.28. The number of hydrogen-bond donors (Lipinski definition) is 1. The fourth-order valence-electron chi connectivity index (χ4n) is 1.76. The number of ketones is 1. The minimum atomic E-state index is -3.27. The SMILES string of the molecule is CCS(=O)(=O)NCCN(C(C)=O)c1ccc(C(C)=O)cc1. The summed E-state index contributed by atoms with van der Waals surface area (Å²) in [6.45, 7) is 4.80. The molecule has 0 fully saturated rings. The van der Waals surface area contributed by atoms with Gasteiger partial charge in [-0.2, -0.15) is 0 Å². The lowest BCUT2D eigenvalue weighted by molar-refractivity contribution is -0.116. The van der Waals surface area contributed by atoms with Crippen LogP contribution in [0.1, 0.15) is 31.1 Å². The van der Waals surface area contributed by atoms with Gasteiger partial charge in [-0.25, -0.2) is 13.1 Å². The predicted octanol–water partition coefficient (Wildman–Crippen LogP) is 1.18. The third-order valence-corrected chi connectivity index (χ3v) is 4.41. The zero-order valence-corrected chi connectivity index (χ0v) is 13.2. The molecule has 1 rings (SSSR count). The number of carbonyl (C=O) groups is 2. The average Bonchev–Trinajstić information content (AvgIpc) is 2.43. The molecule has 0 atom stereocenters. The van der Waals surface area contributed by atoms with Crippen molar-refractivity contribution >= 4 is 27.4 Å². The van der Waals surface area contributed by atoms with Gasteiger partial charge in [0.2, 0.25) is 15.9 Å². The second-order valence-electron chi connectivity index (χ2n) is 4.57. The standard InChI is InChI=1S/C14H20N2O4S/c1-4-21(19,20)15-9-10-16(12(3)18)14-7-5-13(6-8-14)11(2)17/h5-8,15H,4,9-10H2,1-3H3. The van der Waals surface area contributed by atoms with Crippen molar-refractivity contribution in [1.29, 1.82) is 0 Å². The molecule has 0 unspecified atom stereocenters. The fraction of sp³-hybridized carbons (Fsp3) is 0.429. The molecule has 1 aromatic rings. The molecule has 0 bridgehead atoms. The molecule has 1 amide bonds. The maximum absolute atomic E-state index is 11.7. The van der Waals surface area contributed by atoms with E-state index in [1.807, 2.05) is 0 Å². The second-order valence-corrected chi connectivity index (χ2v) is 6.67. The highest BCUT2D eigenvalue weighted by atomic mass is 32.2. The van der Waals surface area contributed by atoms with Crippen LogP contribution in [0.15, 0.2) is 24.3 Å². The summed E-state index contributed by atoms with van der Waals surface area (Å²) in [5.74, 6) is -0.242. The number of anilines is 1. The van der Waals surface area contributed by atoms with E-state index in [2.05, 4.69) is 4.72 Å². The summed E-state index contributed by atoms with van der Waals surface area (Å²) >= 11 is 0. The lowest BCUT2D eigenvalue weighted by Gasteiger charge is -2.21. The summed E-state index contributed by atoms with van der Waals surface area (Å²) in [6, 6.07) is 6.63. The molecule has 0 aromatic heterocycles. The highest BCUT2D eigenvalue weighted by Gasteiger charge is 2.13. The normalized spacial score (nSPS) is 11.2. The van der Waals surface area contributed by atoms with E-state index in [-0.39, 0.29) is 30.5 Å². The van der Waals surface area contributed by atoms with Gasteiger partial charge in [0.25, 0.3) is 0 Å². The van der Waals surface area contributed by atoms with Crippen LogP contribution in [0, 0.1) is 0 Å². The van der Waals surface area contributed by atoms with Gasteiger partial charge in [0.15, 0.2) is 5.78 Å². The van der Waals surface area contributed by atoms with Crippen molar-refractivity contribution in [3.05, 3.63) is 29.8 Å². The first-order valence-electron chi connectivity index (χ1n) is 6.63. The second kappa shape index (κ2) is 7.33. The Balaban J connectivity index is 2.78. The summed E-state index contributed by atoms with van der Waals surface area (Å²) in [6.07, 6.45) is 0. The molecule has 116 valence electrons. The molecule has 0 heterocycles. The van der Waals surface area contributed by atoms with Crippen LogP contribution in [-0.4, -0.2) is 39.0 Å². The lowest BCUT2D eigenvalue weighted by Crippen LogP contribution is -2.38. The first-order valence-corrected chi connectivity index (χ1v) is 8.28. The van der Waals surface area contributed by atoms with Crippen LogP contribution in [0.25, 0.3) is 0 Å². The zero-order chi connectivity index (χ0) is 16.0. The molecule has 0 aliphatic rings. The van der Waals surface area contributed by atoms with Crippen LogP contribution in [-0.2, 0) is 14.8 Å². The van der Waals surface area contributed by atoms with Gasteiger partial charge in [-0.05, 0) is 38.1 Å². The molecule has 0 radical (unpaired) electrons. The quantitative estimate of drug-likeness (QED) is 0.766. The molecule has 0 aliphatic heterocycles. The van der Waals surface area contributed by atoms with Crippen molar-refractivity contribution in [2.75, 3.05) is 23.7 Å². The van der Waals surface area contributed by atoms with Gasteiger partial charge in [-0.1, -0.05) is 0 Å². The minimum Gasteiger partial charge on any atom is -0.311 e. The number of hydrogen-bond acceptors (Lipinski definition) is 4. The van der Waals surface area contributed by atoms with Crippen LogP contribution in [0.2, 0.25) is 0 Å². The first-order chi connectivity index (χ1) is 9.76. The molecular weight excluding hydrogens is 292 g/mol. The summed E-state index contributed by atoms with van der Waals surface area (Å²) < 4.78 is 25.1. The van der Waals surface area contributed by atoms with E-state index in [4.69, 9.17) is 0 Å². The summed E-state index contributed by atoms with van der Waals surface area (Å²) in [5, 5.41) is 0. The van der Waals surface area contributed by atoms with E-state index >= 15 is 0 Å². The van der Waals surface area contributed by atoms with Gasteiger partial charge in [-0.15, -0.1) is 0 Å². The largest absolute Gasteiger partial charge is 0.311 e. The van der Waals surface area contributed by atoms with Crippen LogP contribution in [0.4, 0.5) is 5.69 Å². The molecule has 6 nitrogen and oxygen atoms in total. The Morgan fingerprint density at radius 1 is 1.14 bits per heavy atom. The fourth-order valence-corrected chi connectivity index (χ4v) is 2.37. The summed E-state index contributed by atoms with van der Waals surface area (Å²) in [4.78, 5) is 24.3. The van der Waals surface area contributed by atoms with Gasteiger partial charge >= 0.3 is 0 Å². The monoisotopic (exact) mass is 312 g/mol. The molecule has 7 heteroatoms. The van der Waals surface area contributed by atoms with Gasteiger partial charge < -0.3 is 4.90 Å². The maximum atomic E-state index is 11.7. The number of nitrogens with one attached hydrogen (secondary N) is 1. The average molecular weight is 312 g/mol. The van der Waals surface area contributed by atoms with Crippen molar-refractivity contribution in [3.63, 3.8) is 0 Å². The Bertz CT molecular complexity index is 608. The van der Waals surface area contributed by atoms with Crippen molar-refractivity contribution < 1.29 is 18.0 Å². The smallest absolute Gasteiger partial charge is 0.223 e. The number of rotatable bonds is 7. The van der Waals surface area contributed by atoms with Gasteiger partial charge in [0.1, 0.15) is 0 Å². The zero-order valence-electron chi connectivity index (χ0n) is 12.4. The van der Waals surface area contributed by atoms with Crippen LogP contribution < -0.4 is 9.62 Å². The topological polar surface area (TPSA) is 83.6 Å². The highest BCUT2D eigenvalue weighted by Crippen LogP contribution is 2.15. The number of carbonyl (C=O) groups excluding carboxylic acids is 2. The van der Waals surface area contributed by atoms with E-state index in [1.165, 1.54) is 18.7 Å². The summed E-state index contributed by atoms with van der Waals surface area (Å²) in [7, 11) is -3.27. The Morgan fingerprint density at radius 3 is 2.14 bits per heavy atom. The third-order valence-electron chi connectivity index (χ3n) is 3.00. The molecule has 21 heavy (non-hydrogen) atoms. The number of sulfonamides is 1. The molecule has 0 aliphatic carbocycles. The Hall–Kier alpha value is -1.73. The molecule has 1 aromatic carbocycles. The van der Waals surface area contributed by atoms with Crippen molar-refractivity contribution in [2.24, 2.45) is 0 Å².